The first kappa shape index (κ1) is 12.9. The molecular formula is C14H26N2O. The molecule has 0 radical (unpaired) electrons. The van der Waals surface area contributed by atoms with Gasteiger partial charge in [-0.2, -0.15) is 0 Å². The maximum atomic E-state index is 12.4. The zero-order chi connectivity index (χ0) is 12.1. The summed E-state index contributed by atoms with van der Waals surface area (Å²) in [6.45, 7) is 5.25. The van der Waals surface area contributed by atoms with Crippen LogP contribution in [-0.2, 0) is 4.79 Å². The Balaban J connectivity index is 1.85. The SMILES string of the molecule is CCC1CCCN(C(=O)[C@H]2CCCCN2)CC1. The van der Waals surface area contributed by atoms with Gasteiger partial charge >= 0.3 is 0 Å². The van der Waals surface area contributed by atoms with Crippen molar-refractivity contribution in [2.45, 2.75) is 57.9 Å². The fraction of sp³-hybridized carbons (Fsp3) is 0.929. The number of carbonyl (C=O) groups is 1. The summed E-state index contributed by atoms with van der Waals surface area (Å²) < 4.78 is 0. The molecule has 1 N–H and O–H groups in total. The largest absolute Gasteiger partial charge is 0.341 e. The highest BCUT2D eigenvalue weighted by atomic mass is 16.2. The van der Waals surface area contributed by atoms with Crippen molar-refractivity contribution in [1.82, 2.24) is 10.2 Å². The van der Waals surface area contributed by atoms with Crippen molar-refractivity contribution >= 4 is 5.91 Å². The zero-order valence-electron chi connectivity index (χ0n) is 11.1. The van der Waals surface area contributed by atoms with E-state index in [1.807, 2.05) is 0 Å². The minimum absolute atomic E-state index is 0.113. The highest BCUT2D eigenvalue weighted by Crippen LogP contribution is 2.21. The van der Waals surface area contributed by atoms with Crippen LogP contribution in [0.4, 0.5) is 0 Å². The average Bonchev–Trinajstić information content (AvgIpc) is 2.64. The second-order valence-corrected chi connectivity index (χ2v) is 5.53. The lowest BCUT2D eigenvalue weighted by molar-refractivity contribution is -0.134. The van der Waals surface area contributed by atoms with E-state index in [1.54, 1.807) is 0 Å². The smallest absolute Gasteiger partial charge is 0.239 e. The highest BCUT2D eigenvalue weighted by molar-refractivity contribution is 5.82. The number of hydrogen-bond donors (Lipinski definition) is 1. The van der Waals surface area contributed by atoms with Crippen LogP contribution in [0.25, 0.3) is 0 Å². The van der Waals surface area contributed by atoms with E-state index in [0.29, 0.717) is 5.91 Å². The summed E-state index contributed by atoms with van der Waals surface area (Å²) in [5.74, 6) is 1.20. The normalized spacial score (nSPS) is 31.0. The molecule has 2 saturated heterocycles. The van der Waals surface area contributed by atoms with Crippen molar-refractivity contribution in [3.8, 4) is 0 Å². The van der Waals surface area contributed by atoms with Crippen LogP contribution in [0.5, 0.6) is 0 Å². The minimum atomic E-state index is 0.113. The second-order valence-electron chi connectivity index (χ2n) is 5.53. The molecule has 17 heavy (non-hydrogen) atoms. The lowest BCUT2D eigenvalue weighted by atomic mass is 9.98. The van der Waals surface area contributed by atoms with Gasteiger partial charge in [0.25, 0.3) is 0 Å². The Morgan fingerprint density at radius 1 is 1.18 bits per heavy atom. The number of nitrogens with zero attached hydrogens (tertiary/aromatic N) is 1. The Kier molecular flexibility index (Phi) is 4.84. The van der Waals surface area contributed by atoms with Crippen molar-refractivity contribution in [1.29, 1.82) is 0 Å². The van der Waals surface area contributed by atoms with Gasteiger partial charge in [0.05, 0.1) is 6.04 Å². The summed E-state index contributed by atoms with van der Waals surface area (Å²) in [6.07, 6.45) is 8.43. The monoisotopic (exact) mass is 238 g/mol. The Hall–Kier alpha value is -0.570. The molecule has 2 fully saturated rings. The number of amides is 1. The first-order valence-corrected chi connectivity index (χ1v) is 7.33. The van der Waals surface area contributed by atoms with E-state index in [1.165, 1.54) is 38.5 Å². The van der Waals surface area contributed by atoms with Gasteiger partial charge in [-0.05, 0) is 44.6 Å². The van der Waals surface area contributed by atoms with Gasteiger partial charge in [-0.15, -0.1) is 0 Å². The van der Waals surface area contributed by atoms with Crippen LogP contribution in [0.2, 0.25) is 0 Å². The van der Waals surface area contributed by atoms with E-state index in [0.717, 1.165) is 32.0 Å². The first-order chi connectivity index (χ1) is 8.31. The van der Waals surface area contributed by atoms with Gasteiger partial charge in [0.15, 0.2) is 0 Å². The molecule has 2 aliphatic rings. The maximum absolute atomic E-state index is 12.4. The molecule has 2 atom stereocenters. The van der Waals surface area contributed by atoms with Crippen molar-refractivity contribution in [2.75, 3.05) is 19.6 Å². The van der Waals surface area contributed by atoms with Crippen molar-refractivity contribution in [3.63, 3.8) is 0 Å². The van der Waals surface area contributed by atoms with E-state index < -0.39 is 0 Å². The van der Waals surface area contributed by atoms with E-state index in [9.17, 15) is 4.79 Å². The van der Waals surface area contributed by atoms with Gasteiger partial charge in [0.1, 0.15) is 0 Å². The van der Waals surface area contributed by atoms with Gasteiger partial charge in [-0.1, -0.05) is 19.8 Å². The van der Waals surface area contributed by atoms with Crippen LogP contribution in [-0.4, -0.2) is 36.5 Å². The predicted molar refractivity (Wildman–Crippen MR) is 69.9 cm³/mol. The molecule has 0 aliphatic carbocycles. The zero-order valence-corrected chi connectivity index (χ0v) is 11.1. The third kappa shape index (κ3) is 3.44. The molecule has 2 aliphatic heterocycles. The number of carbonyl (C=O) groups excluding carboxylic acids is 1. The lowest BCUT2D eigenvalue weighted by Gasteiger charge is -2.29. The quantitative estimate of drug-likeness (QED) is 0.799. The summed E-state index contributed by atoms with van der Waals surface area (Å²) in [5, 5.41) is 3.37. The van der Waals surface area contributed by atoms with E-state index >= 15 is 0 Å². The molecule has 1 unspecified atom stereocenters. The average molecular weight is 238 g/mol. The van der Waals surface area contributed by atoms with Crippen LogP contribution in [0, 0.1) is 5.92 Å². The van der Waals surface area contributed by atoms with Crippen molar-refractivity contribution in [2.24, 2.45) is 5.92 Å². The molecule has 0 aromatic rings. The lowest BCUT2D eigenvalue weighted by Crippen LogP contribution is -2.48. The maximum Gasteiger partial charge on any atom is 0.239 e. The molecule has 3 nitrogen and oxygen atoms in total. The molecule has 2 heterocycles. The van der Waals surface area contributed by atoms with Crippen LogP contribution in [0.1, 0.15) is 51.9 Å². The molecular weight excluding hydrogens is 212 g/mol. The Morgan fingerprint density at radius 3 is 2.76 bits per heavy atom. The predicted octanol–water partition coefficient (Wildman–Crippen LogP) is 2.17. The fourth-order valence-corrected chi connectivity index (χ4v) is 3.08. The standard InChI is InChI=1S/C14H26N2O/c1-2-12-6-5-10-16(11-8-12)14(17)13-7-3-4-9-15-13/h12-13,15H,2-11H2,1H3/t12?,13-/m1/s1. The minimum Gasteiger partial charge on any atom is -0.341 e. The molecule has 0 saturated carbocycles. The third-order valence-electron chi connectivity index (χ3n) is 4.35. The Morgan fingerprint density at radius 2 is 2.06 bits per heavy atom. The molecule has 2 rings (SSSR count). The van der Waals surface area contributed by atoms with E-state index in [4.69, 9.17) is 0 Å². The van der Waals surface area contributed by atoms with Gasteiger partial charge < -0.3 is 10.2 Å². The number of likely N-dealkylation sites (tertiary alicyclic amines) is 1. The highest BCUT2D eigenvalue weighted by Gasteiger charge is 2.27. The summed E-state index contributed by atoms with van der Waals surface area (Å²) in [5.41, 5.74) is 0. The number of piperidine rings is 1. The number of hydrogen-bond acceptors (Lipinski definition) is 2. The third-order valence-corrected chi connectivity index (χ3v) is 4.35. The number of nitrogens with one attached hydrogen (secondary N) is 1. The van der Waals surface area contributed by atoms with Crippen LogP contribution >= 0.6 is 0 Å². The molecule has 0 aromatic carbocycles. The first-order valence-electron chi connectivity index (χ1n) is 7.33. The van der Waals surface area contributed by atoms with Gasteiger partial charge in [0.2, 0.25) is 5.91 Å². The summed E-state index contributed by atoms with van der Waals surface area (Å²) in [6, 6.07) is 0.113. The fourth-order valence-electron chi connectivity index (χ4n) is 3.08. The molecule has 3 heteroatoms. The Labute approximate surface area is 105 Å². The van der Waals surface area contributed by atoms with Gasteiger partial charge in [-0.25, -0.2) is 0 Å². The molecule has 0 spiro atoms. The molecule has 0 bridgehead atoms. The van der Waals surface area contributed by atoms with E-state index in [2.05, 4.69) is 17.1 Å². The van der Waals surface area contributed by atoms with Crippen LogP contribution < -0.4 is 5.32 Å². The molecule has 1 amide bonds. The summed E-state index contributed by atoms with van der Waals surface area (Å²) >= 11 is 0. The summed E-state index contributed by atoms with van der Waals surface area (Å²) in [7, 11) is 0. The topological polar surface area (TPSA) is 32.3 Å². The van der Waals surface area contributed by atoms with Crippen LogP contribution in [0.3, 0.4) is 0 Å². The van der Waals surface area contributed by atoms with Crippen LogP contribution in [0.15, 0.2) is 0 Å². The van der Waals surface area contributed by atoms with Crippen molar-refractivity contribution in [3.05, 3.63) is 0 Å². The summed E-state index contributed by atoms with van der Waals surface area (Å²) in [4.78, 5) is 14.5. The molecule has 0 aromatic heterocycles. The van der Waals surface area contributed by atoms with Crippen molar-refractivity contribution < 1.29 is 4.79 Å². The molecule has 98 valence electrons. The van der Waals surface area contributed by atoms with Gasteiger partial charge in [0, 0.05) is 13.1 Å². The Bertz CT molecular complexity index is 249. The van der Waals surface area contributed by atoms with E-state index in [-0.39, 0.29) is 6.04 Å². The number of rotatable bonds is 2. The van der Waals surface area contributed by atoms with Gasteiger partial charge in [-0.3, -0.25) is 4.79 Å². The second kappa shape index (κ2) is 6.39.